The van der Waals surface area contributed by atoms with Gasteiger partial charge in [-0.25, -0.2) is 4.79 Å². The molecule has 16 heavy (non-hydrogen) atoms. The molecule has 0 amide bonds. The fraction of sp³-hybridized carbons (Fsp3) is 0.333. The van der Waals surface area contributed by atoms with Crippen LogP contribution in [-0.4, -0.2) is 28.1 Å². The van der Waals surface area contributed by atoms with Gasteiger partial charge in [-0.2, -0.15) is 9.78 Å². The van der Waals surface area contributed by atoms with Gasteiger partial charge in [0.2, 0.25) is 0 Å². The predicted octanol–water partition coefficient (Wildman–Crippen LogP) is 1.40. The van der Waals surface area contributed by atoms with Crippen LogP contribution < -0.4 is 5.69 Å². The molecule has 0 aliphatic rings. The summed E-state index contributed by atoms with van der Waals surface area (Å²) < 4.78 is 8.36. The van der Waals surface area contributed by atoms with Crippen LogP contribution in [0.15, 0.2) is 23.3 Å². The summed E-state index contributed by atoms with van der Waals surface area (Å²) in [5.41, 5.74) is -0.185. The highest BCUT2D eigenvalue weighted by atomic mass is 35.5. The molecule has 0 N–H and O–H groups in total. The quantitative estimate of drug-likeness (QED) is 0.834. The molecule has 2 heterocycles. The monoisotopic (exact) mass is 259 g/mol. The maximum atomic E-state index is 11.9. The van der Waals surface area contributed by atoms with Crippen molar-refractivity contribution in [3.05, 3.63) is 33.3 Å². The Labute approximate surface area is 101 Å². The van der Waals surface area contributed by atoms with Crippen molar-refractivity contribution in [1.82, 2.24) is 14.3 Å². The Bertz CT molecular complexity index is 531. The van der Waals surface area contributed by atoms with Gasteiger partial charge in [0.15, 0.2) is 0 Å². The van der Waals surface area contributed by atoms with Gasteiger partial charge >= 0.3 is 5.69 Å². The van der Waals surface area contributed by atoms with E-state index >= 15 is 0 Å². The summed E-state index contributed by atoms with van der Waals surface area (Å²) in [6.07, 6.45) is 1.50. The summed E-state index contributed by atoms with van der Waals surface area (Å²) in [6, 6.07) is 3.50. The number of nitrogens with zero attached hydrogens (tertiary/aromatic N) is 3. The zero-order valence-corrected chi connectivity index (χ0v) is 10.2. The molecule has 2 aromatic heterocycles. The highest BCUT2D eigenvalue weighted by molar-refractivity contribution is 7.18. The molecule has 5 nitrogen and oxygen atoms in total. The molecule has 0 saturated carbocycles. The van der Waals surface area contributed by atoms with Crippen LogP contribution in [0, 0.1) is 0 Å². The second-order valence-corrected chi connectivity index (χ2v) is 4.78. The van der Waals surface area contributed by atoms with Crippen LogP contribution in [-0.2, 0) is 11.3 Å². The minimum atomic E-state index is -0.185. The van der Waals surface area contributed by atoms with E-state index in [1.165, 1.54) is 26.9 Å². The SMILES string of the molecule is COCCn1cnn(-c2ccc(Cl)s2)c1=O. The predicted molar refractivity (Wildman–Crippen MR) is 62.6 cm³/mol. The first-order valence-electron chi connectivity index (χ1n) is 4.61. The van der Waals surface area contributed by atoms with E-state index in [1.807, 2.05) is 0 Å². The number of hydrogen-bond acceptors (Lipinski definition) is 4. The molecule has 86 valence electrons. The summed E-state index contributed by atoms with van der Waals surface area (Å²) in [5.74, 6) is 0. The van der Waals surface area contributed by atoms with Crippen molar-refractivity contribution in [2.45, 2.75) is 6.54 Å². The lowest BCUT2D eigenvalue weighted by molar-refractivity contribution is 0.186. The molecule has 0 aromatic carbocycles. The molecule has 0 unspecified atom stereocenters. The van der Waals surface area contributed by atoms with E-state index < -0.39 is 0 Å². The van der Waals surface area contributed by atoms with Gasteiger partial charge in [0.1, 0.15) is 11.3 Å². The van der Waals surface area contributed by atoms with E-state index in [4.69, 9.17) is 16.3 Å². The second-order valence-electron chi connectivity index (χ2n) is 3.09. The molecule has 2 aromatic rings. The lowest BCUT2D eigenvalue weighted by atomic mass is 10.6. The number of rotatable bonds is 4. The maximum absolute atomic E-state index is 11.9. The molecule has 0 radical (unpaired) electrons. The zero-order chi connectivity index (χ0) is 11.5. The maximum Gasteiger partial charge on any atom is 0.351 e. The number of ether oxygens (including phenoxy) is 1. The van der Waals surface area contributed by atoms with Crippen LogP contribution in [0.25, 0.3) is 5.00 Å². The average Bonchev–Trinajstić information content (AvgIpc) is 2.83. The van der Waals surface area contributed by atoms with Gasteiger partial charge in [-0.05, 0) is 12.1 Å². The molecule has 0 aliphatic carbocycles. The highest BCUT2D eigenvalue weighted by Gasteiger charge is 2.08. The van der Waals surface area contributed by atoms with Gasteiger partial charge in [0.25, 0.3) is 0 Å². The molecule has 0 spiro atoms. The van der Waals surface area contributed by atoms with Gasteiger partial charge in [0, 0.05) is 7.11 Å². The van der Waals surface area contributed by atoms with Gasteiger partial charge in [-0.1, -0.05) is 11.6 Å². The van der Waals surface area contributed by atoms with E-state index in [0.717, 1.165) is 0 Å². The number of halogens is 1. The Morgan fingerprint density at radius 3 is 3.00 bits per heavy atom. The number of thiophene rings is 1. The average molecular weight is 260 g/mol. The van der Waals surface area contributed by atoms with Crippen LogP contribution in [0.4, 0.5) is 0 Å². The lowest BCUT2D eigenvalue weighted by Gasteiger charge is -1.97. The Hall–Kier alpha value is -1.11. The fourth-order valence-corrected chi connectivity index (χ4v) is 2.23. The smallest absolute Gasteiger partial charge is 0.351 e. The van der Waals surface area contributed by atoms with E-state index in [-0.39, 0.29) is 5.69 Å². The molecular weight excluding hydrogens is 250 g/mol. The first-order chi connectivity index (χ1) is 7.72. The summed E-state index contributed by atoms with van der Waals surface area (Å²) in [5, 5.41) is 4.73. The van der Waals surface area contributed by atoms with Crippen LogP contribution in [0.2, 0.25) is 4.34 Å². The second kappa shape index (κ2) is 4.82. The first-order valence-corrected chi connectivity index (χ1v) is 5.81. The van der Waals surface area contributed by atoms with Crippen LogP contribution in [0.5, 0.6) is 0 Å². The lowest BCUT2D eigenvalue weighted by Crippen LogP contribution is -2.24. The van der Waals surface area contributed by atoms with Gasteiger partial charge in [0.05, 0.1) is 17.5 Å². The number of methoxy groups -OCH3 is 1. The molecule has 2 rings (SSSR count). The third-order valence-corrected chi connectivity index (χ3v) is 3.24. The normalized spacial score (nSPS) is 10.9. The molecular formula is C9H10ClN3O2S. The van der Waals surface area contributed by atoms with E-state index in [1.54, 1.807) is 19.2 Å². The van der Waals surface area contributed by atoms with E-state index in [0.29, 0.717) is 22.5 Å². The van der Waals surface area contributed by atoms with Crippen molar-refractivity contribution in [2.24, 2.45) is 0 Å². The number of hydrogen-bond donors (Lipinski definition) is 0. The highest BCUT2D eigenvalue weighted by Crippen LogP contribution is 2.23. The first kappa shape index (κ1) is 11.4. The largest absolute Gasteiger partial charge is 0.383 e. The van der Waals surface area contributed by atoms with Gasteiger partial charge in [-0.3, -0.25) is 4.57 Å². The Morgan fingerprint density at radius 2 is 2.38 bits per heavy atom. The third-order valence-electron chi connectivity index (χ3n) is 2.04. The Balaban J connectivity index is 2.30. The fourth-order valence-electron chi connectivity index (χ4n) is 1.25. The van der Waals surface area contributed by atoms with Crippen molar-refractivity contribution in [3.8, 4) is 5.00 Å². The van der Waals surface area contributed by atoms with Crippen LogP contribution >= 0.6 is 22.9 Å². The standard InChI is InChI=1S/C9H10ClN3O2S/c1-15-5-4-12-6-11-13(9(12)14)8-3-2-7(10)16-8/h2-3,6H,4-5H2,1H3. The van der Waals surface area contributed by atoms with Gasteiger partial charge in [-0.15, -0.1) is 11.3 Å². The topological polar surface area (TPSA) is 49.0 Å². The summed E-state index contributed by atoms with van der Waals surface area (Å²) >= 11 is 7.12. The van der Waals surface area contributed by atoms with Crippen molar-refractivity contribution in [2.75, 3.05) is 13.7 Å². The van der Waals surface area contributed by atoms with Crippen molar-refractivity contribution >= 4 is 22.9 Å². The summed E-state index contributed by atoms with van der Waals surface area (Å²) in [7, 11) is 1.59. The molecule has 0 aliphatic heterocycles. The Kier molecular flexibility index (Phi) is 3.42. The van der Waals surface area contributed by atoms with E-state index in [9.17, 15) is 4.79 Å². The van der Waals surface area contributed by atoms with Crippen molar-refractivity contribution in [1.29, 1.82) is 0 Å². The summed E-state index contributed by atoms with van der Waals surface area (Å²) in [6.45, 7) is 0.977. The van der Waals surface area contributed by atoms with E-state index in [2.05, 4.69) is 5.10 Å². The molecule has 7 heteroatoms. The minimum absolute atomic E-state index is 0.185. The molecule has 0 bridgehead atoms. The zero-order valence-electron chi connectivity index (χ0n) is 8.59. The third kappa shape index (κ3) is 2.18. The Morgan fingerprint density at radius 1 is 1.56 bits per heavy atom. The molecule has 0 fully saturated rings. The summed E-state index contributed by atoms with van der Waals surface area (Å²) in [4.78, 5) is 11.9. The van der Waals surface area contributed by atoms with Crippen molar-refractivity contribution < 1.29 is 4.74 Å². The molecule has 0 saturated heterocycles. The van der Waals surface area contributed by atoms with Crippen LogP contribution in [0.1, 0.15) is 0 Å². The van der Waals surface area contributed by atoms with Crippen LogP contribution in [0.3, 0.4) is 0 Å². The number of aromatic nitrogens is 3. The minimum Gasteiger partial charge on any atom is -0.383 e. The van der Waals surface area contributed by atoms with Gasteiger partial charge < -0.3 is 4.74 Å². The van der Waals surface area contributed by atoms with Crippen molar-refractivity contribution in [3.63, 3.8) is 0 Å². The molecule has 0 atom stereocenters.